The number of aromatic nitrogens is 3. The molecule has 0 amide bonds. The SMILES string of the molecule is FC(F)(F)c1ccc(Nc2ncnc3sc(NC4CCCCC4)nc23)cc1. The molecule has 0 radical (unpaired) electrons. The summed E-state index contributed by atoms with van der Waals surface area (Å²) in [4.78, 5) is 13.8. The Bertz CT molecular complexity index is 917. The van der Waals surface area contributed by atoms with Crippen molar-refractivity contribution in [3.63, 3.8) is 0 Å². The van der Waals surface area contributed by atoms with E-state index in [4.69, 9.17) is 0 Å². The molecule has 2 aromatic heterocycles. The first-order valence-electron chi connectivity index (χ1n) is 8.81. The van der Waals surface area contributed by atoms with E-state index in [9.17, 15) is 13.2 Å². The van der Waals surface area contributed by atoms with Crippen LogP contribution in [-0.4, -0.2) is 21.0 Å². The summed E-state index contributed by atoms with van der Waals surface area (Å²) in [5.74, 6) is 0.479. The van der Waals surface area contributed by atoms with Gasteiger partial charge in [-0.25, -0.2) is 15.0 Å². The number of halogens is 3. The normalized spacial score (nSPS) is 15.8. The van der Waals surface area contributed by atoms with Gasteiger partial charge in [0, 0.05) is 11.7 Å². The van der Waals surface area contributed by atoms with Gasteiger partial charge in [-0.15, -0.1) is 0 Å². The molecule has 3 aromatic rings. The summed E-state index contributed by atoms with van der Waals surface area (Å²) in [5, 5.41) is 7.31. The number of benzene rings is 1. The second-order valence-electron chi connectivity index (χ2n) is 6.57. The van der Waals surface area contributed by atoms with Crippen molar-refractivity contribution in [2.45, 2.75) is 44.3 Å². The molecule has 0 bridgehead atoms. The summed E-state index contributed by atoms with van der Waals surface area (Å²) >= 11 is 1.46. The van der Waals surface area contributed by atoms with Crippen molar-refractivity contribution in [3.8, 4) is 0 Å². The van der Waals surface area contributed by atoms with Crippen LogP contribution in [0.1, 0.15) is 37.7 Å². The highest BCUT2D eigenvalue weighted by Crippen LogP contribution is 2.33. The van der Waals surface area contributed by atoms with E-state index in [1.54, 1.807) is 0 Å². The second-order valence-corrected chi connectivity index (χ2v) is 7.55. The number of rotatable bonds is 4. The van der Waals surface area contributed by atoms with Crippen LogP contribution in [0.2, 0.25) is 0 Å². The Morgan fingerprint density at radius 1 is 1.00 bits per heavy atom. The molecule has 1 aliphatic carbocycles. The maximum absolute atomic E-state index is 12.7. The van der Waals surface area contributed by atoms with Crippen molar-refractivity contribution in [2.75, 3.05) is 10.6 Å². The van der Waals surface area contributed by atoms with Gasteiger partial charge in [-0.1, -0.05) is 30.6 Å². The Morgan fingerprint density at radius 3 is 2.44 bits per heavy atom. The zero-order chi connectivity index (χ0) is 18.9. The van der Waals surface area contributed by atoms with Crippen molar-refractivity contribution in [1.82, 2.24) is 15.0 Å². The molecule has 0 saturated heterocycles. The first-order valence-corrected chi connectivity index (χ1v) is 9.63. The second kappa shape index (κ2) is 7.30. The molecular weight excluding hydrogens is 375 g/mol. The number of alkyl halides is 3. The standard InChI is InChI=1S/C18H18F3N5S/c19-18(20,21)11-6-8-13(9-7-11)24-15-14-16(23-10-22-15)27-17(26-14)25-12-4-2-1-3-5-12/h6-10,12H,1-5H2,(H,25,26)(H,22,23,24). The molecule has 4 rings (SSSR count). The Morgan fingerprint density at radius 2 is 1.74 bits per heavy atom. The number of nitrogens with one attached hydrogen (secondary N) is 2. The fourth-order valence-corrected chi connectivity index (χ4v) is 4.09. The smallest absolute Gasteiger partial charge is 0.359 e. The van der Waals surface area contributed by atoms with E-state index < -0.39 is 11.7 Å². The number of hydrogen-bond donors (Lipinski definition) is 2. The van der Waals surface area contributed by atoms with E-state index in [-0.39, 0.29) is 0 Å². The molecule has 0 aliphatic heterocycles. The lowest BCUT2D eigenvalue weighted by Crippen LogP contribution is -2.21. The lowest BCUT2D eigenvalue weighted by Gasteiger charge is -2.22. The van der Waals surface area contributed by atoms with Crippen LogP contribution in [0.5, 0.6) is 0 Å². The van der Waals surface area contributed by atoms with Crippen molar-refractivity contribution >= 4 is 38.3 Å². The molecular formula is C18H18F3N5S. The molecule has 0 atom stereocenters. The summed E-state index contributed by atoms with van der Waals surface area (Å²) in [5.41, 5.74) is 0.437. The minimum absolute atomic E-state index is 0.429. The van der Waals surface area contributed by atoms with Crippen LogP contribution in [0.25, 0.3) is 10.3 Å². The van der Waals surface area contributed by atoms with Gasteiger partial charge in [0.1, 0.15) is 11.8 Å². The first kappa shape index (κ1) is 18.0. The van der Waals surface area contributed by atoms with Gasteiger partial charge in [0.25, 0.3) is 0 Å². The first-order chi connectivity index (χ1) is 13.0. The van der Waals surface area contributed by atoms with Crippen LogP contribution in [0, 0.1) is 0 Å². The number of fused-ring (bicyclic) bond motifs is 1. The van der Waals surface area contributed by atoms with Crippen molar-refractivity contribution < 1.29 is 13.2 Å². The summed E-state index contributed by atoms with van der Waals surface area (Å²) in [6.45, 7) is 0. The van der Waals surface area contributed by atoms with E-state index in [2.05, 4.69) is 25.6 Å². The third-order valence-corrected chi connectivity index (χ3v) is 5.50. The van der Waals surface area contributed by atoms with Crippen molar-refractivity contribution in [3.05, 3.63) is 36.2 Å². The van der Waals surface area contributed by atoms with Gasteiger partial charge in [-0.3, -0.25) is 0 Å². The molecule has 0 unspecified atom stereocenters. The van der Waals surface area contributed by atoms with Crippen molar-refractivity contribution in [2.24, 2.45) is 0 Å². The molecule has 1 aliphatic rings. The van der Waals surface area contributed by atoms with Gasteiger partial charge >= 0.3 is 6.18 Å². The molecule has 5 nitrogen and oxygen atoms in total. The van der Waals surface area contributed by atoms with Crippen LogP contribution in [0.15, 0.2) is 30.6 Å². The predicted octanol–water partition coefficient (Wildman–Crippen LogP) is 5.59. The highest BCUT2D eigenvalue weighted by atomic mass is 32.1. The van der Waals surface area contributed by atoms with Crippen LogP contribution in [-0.2, 0) is 6.18 Å². The van der Waals surface area contributed by atoms with E-state index in [1.807, 2.05) is 0 Å². The highest BCUT2D eigenvalue weighted by Gasteiger charge is 2.30. The molecule has 2 heterocycles. The fraction of sp³-hybridized carbons (Fsp3) is 0.389. The van der Waals surface area contributed by atoms with Gasteiger partial charge in [0.05, 0.1) is 5.56 Å². The monoisotopic (exact) mass is 393 g/mol. The molecule has 9 heteroatoms. The predicted molar refractivity (Wildman–Crippen MR) is 100 cm³/mol. The average Bonchev–Trinajstić information content (AvgIpc) is 3.06. The minimum atomic E-state index is -4.35. The third kappa shape index (κ3) is 4.13. The van der Waals surface area contributed by atoms with Gasteiger partial charge in [0.2, 0.25) is 0 Å². The average molecular weight is 393 g/mol. The number of thiazole rings is 1. The van der Waals surface area contributed by atoms with Gasteiger partial charge in [-0.2, -0.15) is 13.2 Å². The van der Waals surface area contributed by atoms with E-state index in [0.717, 1.165) is 34.9 Å². The van der Waals surface area contributed by atoms with E-state index >= 15 is 0 Å². The summed E-state index contributed by atoms with van der Waals surface area (Å²) in [7, 11) is 0. The molecule has 1 fully saturated rings. The lowest BCUT2D eigenvalue weighted by atomic mass is 9.96. The summed E-state index contributed by atoms with van der Waals surface area (Å²) in [6, 6.07) is 5.27. The zero-order valence-electron chi connectivity index (χ0n) is 14.4. The van der Waals surface area contributed by atoms with Crippen LogP contribution >= 0.6 is 11.3 Å². The van der Waals surface area contributed by atoms with Gasteiger partial charge in [-0.05, 0) is 37.1 Å². The molecule has 1 saturated carbocycles. The maximum Gasteiger partial charge on any atom is 0.416 e. The maximum atomic E-state index is 12.7. The van der Waals surface area contributed by atoms with E-state index in [1.165, 1.54) is 49.1 Å². The topological polar surface area (TPSA) is 62.7 Å². The van der Waals surface area contributed by atoms with E-state index in [0.29, 0.717) is 23.1 Å². The Kier molecular flexibility index (Phi) is 4.86. The lowest BCUT2D eigenvalue weighted by molar-refractivity contribution is -0.137. The quantitative estimate of drug-likeness (QED) is 0.605. The minimum Gasteiger partial charge on any atom is -0.359 e. The molecule has 1 aromatic carbocycles. The molecule has 0 spiro atoms. The largest absolute Gasteiger partial charge is 0.416 e. The Labute approximate surface area is 158 Å². The van der Waals surface area contributed by atoms with Crippen LogP contribution in [0.4, 0.5) is 29.8 Å². The summed E-state index contributed by atoms with van der Waals surface area (Å²) < 4.78 is 38.1. The highest BCUT2D eigenvalue weighted by molar-refractivity contribution is 7.21. The van der Waals surface area contributed by atoms with Gasteiger partial charge < -0.3 is 10.6 Å². The Hall–Kier alpha value is -2.42. The number of nitrogens with zero attached hydrogens (tertiary/aromatic N) is 3. The molecule has 2 N–H and O–H groups in total. The van der Waals surface area contributed by atoms with Crippen molar-refractivity contribution in [1.29, 1.82) is 0 Å². The van der Waals surface area contributed by atoms with Crippen LogP contribution < -0.4 is 10.6 Å². The van der Waals surface area contributed by atoms with Gasteiger partial charge in [0.15, 0.2) is 15.8 Å². The zero-order valence-corrected chi connectivity index (χ0v) is 15.2. The fourth-order valence-electron chi connectivity index (χ4n) is 3.21. The number of hydrogen-bond acceptors (Lipinski definition) is 6. The number of anilines is 3. The Balaban J connectivity index is 1.54. The summed E-state index contributed by atoms with van der Waals surface area (Å²) in [6.07, 6.45) is 3.08. The third-order valence-electron chi connectivity index (χ3n) is 4.60. The molecule has 142 valence electrons. The van der Waals surface area contributed by atoms with Crippen LogP contribution in [0.3, 0.4) is 0 Å². The molecule has 27 heavy (non-hydrogen) atoms.